The van der Waals surface area contributed by atoms with E-state index in [2.05, 4.69) is 31.2 Å². The van der Waals surface area contributed by atoms with Gasteiger partial charge in [-0.25, -0.2) is 14.4 Å². The second kappa shape index (κ2) is 4.76. The molecular weight excluding hydrogens is 296 g/mol. The Kier molecular flexibility index (Phi) is 3.36. The average Bonchev–Trinajstić information content (AvgIpc) is 2.25. The molecule has 1 aromatic heterocycles. The first-order valence-corrected chi connectivity index (χ1v) is 5.51. The first-order chi connectivity index (χ1) is 7.66. The molecule has 0 bridgehead atoms. The first kappa shape index (κ1) is 11.3. The molecule has 1 N–H and O–H groups in total. The van der Waals surface area contributed by atoms with E-state index < -0.39 is 0 Å². The lowest BCUT2D eigenvalue weighted by Crippen LogP contribution is -1.96. The Labute approximate surface area is 105 Å². The van der Waals surface area contributed by atoms with E-state index in [9.17, 15) is 4.39 Å². The molecule has 0 saturated heterocycles. The van der Waals surface area contributed by atoms with E-state index in [1.54, 1.807) is 12.3 Å². The second-order valence-corrected chi connectivity index (χ2v) is 4.23. The first-order valence-electron chi connectivity index (χ1n) is 4.34. The Balaban J connectivity index is 2.31. The minimum absolute atomic E-state index is 0.297. The number of nitrogens with one attached hydrogen (secondary N) is 1. The van der Waals surface area contributed by atoms with Gasteiger partial charge in [0.05, 0.1) is 15.2 Å². The van der Waals surface area contributed by atoms with Crippen molar-refractivity contribution in [2.24, 2.45) is 0 Å². The molecule has 6 heteroatoms. The quantitative estimate of drug-likeness (QED) is 0.917. The molecule has 0 fully saturated rings. The van der Waals surface area contributed by atoms with Crippen LogP contribution < -0.4 is 5.32 Å². The molecule has 0 saturated carbocycles. The van der Waals surface area contributed by atoms with Crippen molar-refractivity contribution in [1.82, 2.24) is 9.97 Å². The number of halogens is 3. The minimum atomic E-state index is -0.377. The highest BCUT2D eigenvalue weighted by molar-refractivity contribution is 9.10. The third-order valence-corrected chi connectivity index (χ3v) is 2.74. The van der Waals surface area contributed by atoms with Crippen molar-refractivity contribution in [2.75, 3.05) is 5.32 Å². The number of benzene rings is 1. The van der Waals surface area contributed by atoms with E-state index in [0.717, 1.165) is 0 Å². The van der Waals surface area contributed by atoms with Gasteiger partial charge >= 0.3 is 0 Å². The third-order valence-electron chi connectivity index (χ3n) is 1.85. The molecule has 0 amide bonds. The molecule has 2 rings (SSSR count). The molecule has 0 aliphatic rings. The van der Waals surface area contributed by atoms with E-state index >= 15 is 0 Å². The van der Waals surface area contributed by atoms with Gasteiger partial charge in [0.15, 0.2) is 0 Å². The standard InChI is InChI=1S/C10H6BrClFN3/c11-7-4-14-5-15-10(7)16-9-2-1-6(13)3-8(9)12/h1-5H,(H,14,15,16). The molecule has 1 heterocycles. The van der Waals surface area contributed by atoms with Crippen LogP contribution in [0.15, 0.2) is 35.2 Å². The Morgan fingerprint density at radius 3 is 2.88 bits per heavy atom. The zero-order valence-corrected chi connectivity index (χ0v) is 10.3. The summed E-state index contributed by atoms with van der Waals surface area (Å²) in [5.74, 6) is 0.195. The van der Waals surface area contributed by atoms with Crippen molar-refractivity contribution in [1.29, 1.82) is 0 Å². The van der Waals surface area contributed by atoms with Crippen LogP contribution in [0, 0.1) is 5.82 Å². The Morgan fingerprint density at radius 2 is 2.19 bits per heavy atom. The lowest BCUT2D eigenvalue weighted by atomic mass is 10.3. The number of aromatic nitrogens is 2. The summed E-state index contributed by atoms with van der Waals surface area (Å²) < 4.78 is 13.5. The summed E-state index contributed by atoms with van der Waals surface area (Å²) in [6, 6.07) is 4.11. The smallest absolute Gasteiger partial charge is 0.148 e. The van der Waals surface area contributed by atoms with Crippen LogP contribution in [0.3, 0.4) is 0 Å². The van der Waals surface area contributed by atoms with Crippen LogP contribution in [0.5, 0.6) is 0 Å². The van der Waals surface area contributed by atoms with Gasteiger partial charge in [0.2, 0.25) is 0 Å². The lowest BCUT2D eigenvalue weighted by Gasteiger charge is -2.08. The van der Waals surface area contributed by atoms with E-state index in [-0.39, 0.29) is 5.82 Å². The van der Waals surface area contributed by atoms with E-state index in [1.165, 1.54) is 18.5 Å². The normalized spacial score (nSPS) is 10.2. The van der Waals surface area contributed by atoms with Crippen LogP contribution >= 0.6 is 27.5 Å². The van der Waals surface area contributed by atoms with E-state index in [1.807, 2.05) is 0 Å². The zero-order valence-electron chi connectivity index (χ0n) is 7.92. The highest BCUT2D eigenvalue weighted by Gasteiger charge is 2.05. The highest BCUT2D eigenvalue weighted by Crippen LogP contribution is 2.28. The number of nitrogens with zero attached hydrogens (tertiary/aromatic N) is 2. The fraction of sp³-hybridized carbons (Fsp3) is 0. The van der Waals surface area contributed by atoms with Gasteiger partial charge in [0.1, 0.15) is 18.0 Å². The fourth-order valence-corrected chi connectivity index (χ4v) is 1.66. The minimum Gasteiger partial charge on any atom is -0.338 e. The van der Waals surface area contributed by atoms with E-state index in [4.69, 9.17) is 11.6 Å². The number of hydrogen-bond acceptors (Lipinski definition) is 3. The molecule has 3 nitrogen and oxygen atoms in total. The van der Waals surface area contributed by atoms with Crippen molar-refractivity contribution < 1.29 is 4.39 Å². The SMILES string of the molecule is Fc1ccc(Nc2ncncc2Br)c(Cl)c1. The number of anilines is 2. The molecule has 82 valence electrons. The Bertz CT molecular complexity index is 521. The summed E-state index contributed by atoms with van der Waals surface area (Å²) in [6.07, 6.45) is 3.01. The monoisotopic (exact) mass is 301 g/mol. The number of hydrogen-bond donors (Lipinski definition) is 1. The summed E-state index contributed by atoms with van der Waals surface area (Å²) in [5.41, 5.74) is 0.586. The van der Waals surface area contributed by atoms with E-state index in [0.29, 0.717) is 21.0 Å². The maximum atomic E-state index is 12.8. The maximum absolute atomic E-state index is 12.8. The highest BCUT2D eigenvalue weighted by atomic mass is 79.9. The van der Waals surface area contributed by atoms with Crippen molar-refractivity contribution in [3.63, 3.8) is 0 Å². The van der Waals surface area contributed by atoms with Gasteiger partial charge in [-0.15, -0.1) is 0 Å². The molecular formula is C10H6BrClFN3. The van der Waals surface area contributed by atoms with Crippen LogP contribution in [0.4, 0.5) is 15.9 Å². The van der Waals surface area contributed by atoms with Crippen molar-refractivity contribution in [3.05, 3.63) is 46.0 Å². The largest absolute Gasteiger partial charge is 0.338 e. The van der Waals surface area contributed by atoms with Crippen molar-refractivity contribution >= 4 is 39.0 Å². The summed E-state index contributed by atoms with van der Waals surface area (Å²) in [7, 11) is 0. The molecule has 0 aliphatic heterocycles. The topological polar surface area (TPSA) is 37.8 Å². The summed E-state index contributed by atoms with van der Waals surface area (Å²) in [6.45, 7) is 0. The maximum Gasteiger partial charge on any atom is 0.148 e. The van der Waals surface area contributed by atoms with Crippen LogP contribution in [0.1, 0.15) is 0 Å². The van der Waals surface area contributed by atoms with Crippen LogP contribution in [-0.2, 0) is 0 Å². The molecule has 1 aromatic carbocycles. The Morgan fingerprint density at radius 1 is 1.38 bits per heavy atom. The van der Waals surface area contributed by atoms with Gasteiger partial charge in [0.25, 0.3) is 0 Å². The molecule has 0 atom stereocenters. The van der Waals surface area contributed by atoms with Crippen molar-refractivity contribution in [3.8, 4) is 0 Å². The van der Waals surface area contributed by atoms with Gasteiger partial charge in [0, 0.05) is 6.20 Å². The van der Waals surface area contributed by atoms with Gasteiger partial charge < -0.3 is 5.32 Å². The number of rotatable bonds is 2. The molecule has 2 aromatic rings. The zero-order chi connectivity index (χ0) is 11.5. The van der Waals surface area contributed by atoms with Crippen LogP contribution in [-0.4, -0.2) is 9.97 Å². The van der Waals surface area contributed by atoms with Crippen LogP contribution in [0.2, 0.25) is 5.02 Å². The summed E-state index contributed by atoms with van der Waals surface area (Å²) >= 11 is 9.16. The van der Waals surface area contributed by atoms with Gasteiger partial charge in [-0.3, -0.25) is 0 Å². The molecule has 0 unspecified atom stereocenters. The molecule has 0 spiro atoms. The predicted molar refractivity (Wildman–Crippen MR) is 64.4 cm³/mol. The van der Waals surface area contributed by atoms with Crippen molar-refractivity contribution in [2.45, 2.75) is 0 Å². The van der Waals surface area contributed by atoms with Gasteiger partial charge in [-0.1, -0.05) is 11.6 Å². The van der Waals surface area contributed by atoms with Gasteiger partial charge in [-0.05, 0) is 34.1 Å². The molecule has 0 aliphatic carbocycles. The van der Waals surface area contributed by atoms with Gasteiger partial charge in [-0.2, -0.15) is 0 Å². The third kappa shape index (κ3) is 2.48. The molecule has 16 heavy (non-hydrogen) atoms. The summed E-state index contributed by atoms with van der Waals surface area (Å²) in [4.78, 5) is 7.85. The molecule has 0 radical (unpaired) electrons. The Hall–Kier alpha value is -1.20. The second-order valence-electron chi connectivity index (χ2n) is 2.97. The lowest BCUT2D eigenvalue weighted by molar-refractivity contribution is 0.628. The summed E-state index contributed by atoms with van der Waals surface area (Å²) in [5, 5.41) is 3.27. The predicted octanol–water partition coefficient (Wildman–Crippen LogP) is 3.78. The fourth-order valence-electron chi connectivity index (χ4n) is 1.12. The average molecular weight is 303 g/mol. The van der Waals surface area contributed by atoms with Crippen LogP contribution in [0.25, 0.3) is 0 Å².